The van der Waals surface area contributed by atoms with Crippen LogP contribution >= 0.6 is 0 Å². The van der Waals surface area contributed by atoms with Crippen LogP contribution in [0.2, 0.25) is 0 Å². The SMILES string of the molecule is COc1cc(Oc2cc(C(=O)O)ccc2[N+](=O)[O-])ccn1. The van der Waals surface area contributed by atoms with Gasteiger partial charge < -0.3 is 14.6 Å². The zero-order chi connectivity index (χ0) is 15.4. The minimum atomic E-state index is -1.21. The van der Waals surface area contributed by atoms with Gasteiger partial charge in [-0.3, -0.25) is 10.1 Å². The number of hydrogen-bond donors (Lipinski definition) is 1. The van der Waals surface area contributed by atoms with Crippen molar-refractivity contribution in [2.24, 2.45) is 0 Å². The number of benzene rings is 1. The molecule has 2 aromatic rings. The van der Waals surface area contributed by atoms with Crippen LogP contribution in [-0.4, -0.2) is 28.1 Å². The highest BCUT2D eigenvalue weighted by Gasteiger charge is 2.18. The second-order valence-corrected chi connectivity index (χ2v) is 3.88. The summed E-state index contributed by atoms with van der Waals surface area (Å²) in [7, 11) is 1.42. The molecule has 0 fully saturated rings. The van der Waals surface area contributed by atoms with E-state index in [0.717, 1.165) is 18.2 Å². The van der Waals surface area contributed by atoms with Gasteiger partial charge in [0.1, 0.15) is 5.75 Å². The summed E-state index contributed by atoms with van der Waals surface area (Å²) < 4.78 is 10.3. The molecule has 0 saturated carbocycles. The Morgan fingerprint density at radius 2 is 2.10 bits per heavy atom. The van der Waals surface area contributed by atoms with E-state index in [4.69, 9.17) is 14.6 Å². The zero-order valence-electron chi connectivity index (χ0n) is 10.8. The molecule has 8 heteroatoms. The Bertz CT molecular complexity index is 701. The number of nitro groups is 1. The molecule has 1 aromatic heterocycles. The van der Waals surface area contributed by atoms with Gasteiger partial charge in [0.05, 0.1) is 17.6 Å². The molecular weight excluding hydrogens is 280 g/mol. The Morgan fingerprint density at radius 3 is 2.71 bits per heavy atom. The third kappa shape index (κ3) is 3.24. The monoisotopic (exact) mass is 290 g/mol. The summed E-state index contributed by atoms with van der Waals surface area (Å²) >= 11 is 0. The number of aromatic carboxylic acids is 1. The van der Waals surface area contributed by atoms with Crippen molar-refractivity contribution in [1.82, 2.24) is 4.98 Å². The molecule has 0 aliphatic rings. The molecule has 0 unspecified atom stereocenters. The number of carbonyl (C=O) groups is 1. The molecule has 8 nitrogen and oxygen atoms in total. The smallest absolute Gasteiger partial charge is 0.335 e. The Hall–Kier alpha value is -3.16. The van der Waals surface area contributed by atoms with Gasteiger partial charge in [0.15, 0.2) is 0 Å². The van der Waals surface area contributed by atoms with E-state index in [1.165, 1.54) is 25.4 Å². The Kier molecular flexibility index (Phi) is 3.98. The molecule has 0 aliphatic heterocycles. The fourth-order valence-electron chi connectivity index (χ4n) is 1.57. The van der Waals surface area contributed by atoms with E-state index in [1.807, 2.05) is 0 Å². The number of nitrogens with zero attached hydrogens (tertiary/aromatic N) is 2. The van der Waals surface area contributed by atoms with Crippen molar-refractivity contribution in [3.8, 4) is 17.4 Å². The van der Waals surface area contributed by atoms with Gasteiger partial charge in [-0.2, -0.15) is 0 Å². The van der Waals surface area contributed by atoms with E-state index in [9.17, 15) is 14.9 Å². The van der Waals surface area contributed by atoms with E-state index in [1.54, 1.807) is 0 Å². The highest BCUT2D eigenvalue weighted by Crippen LogP contribution is 2.33. The maximum Gasteiger partial charge on any atom is 0.335 e. The highest BCUT2D eigenvalue weighted by molar-refractivity contribution is 5.88. The predicted molar refractivity (Wildman–Crippen MR) is 70.9 cm³/mol. The number of methoxy groups -OCH3 is 1. The molecular formula is C13H10N2O6. The maximum absolute atomic E-state index is 11.0. The standard InChI is InChI=1S/C13H10N2O6/c1-20-12-7-9(4-5-14-12)21-11-6-8(13(16)17)2-3-10(11)15(18)19/h2-7H,1H3,(H,16,17). The van der Waals surface area contributed by atoms with E-state index in [0.29, 0.717) is 0 Å². The number of aromatic nitrogens is 1. The average molecular weight is 290 g/mol. The van der Waals surface area contributed by atoms with Crippen molar-refractivity contribution in [2.45, 2.75) is 0 Å². The molecule has 1 N–H and O–H groups in total. The molecule has 0 saturated heterocycles. The molecule has 21 heavy (non-hydrogen) atoms. The van der Waals surface area contributed by atoms with Gasteiger partial charge in [-0.25, -0.2) is 9.78 Å². The highest BCUT2D eigenvalue weighted by atomic mass is 16.6. The molecule has 0 bridgehead atoms. The van der Waals surface area contributed by atoms with Crippen LogP contribution in [0.25, 0.3) is 0 Å². The lowest BCUT2D eigenvalue weighted by atomic mass is 10.2. The van der Waals surface area contributed by atoms with Crippen molar-refractivity contribution in [3.63, 3.8) is 0 Å². The number of hydrogen-bond acceptors (Lipinski definition) is 6. The average Bonchev–Trinajstić information content (AvgIpc) is 2.47. The summed E-state index contributed by atoms with van der Waals surface area (Å²) in [6.07, 6.45) is 1.40. The predicted octanol–water partition coefficient (Wildman–Crippen LogP) is 2.49. The summed E-state index contributed by atoms with van der Waals surface area (Å²) in [4.78, 5) is 25.1. The molecule has 1 aromatic carbocycles. The first-order valence-electron chi connectivity index (χ1n) is 5.71. The molecule has 0 atom stereocenters. The van der Waals surface area contributed by atoms with Gasteiger partial charge in [0, 0.05) is 24.4 Å². The van der Waals surface area contributed by atoms with E-state index in [2.05, 4.69) is 4.98 Å². The zero-order valence-corrected chi connectivity index (χ0v) is 10.8. The Balaban J connectivity index is 2.42. The van der Waals surface area contributed by atoms with Crippen LogP contribution in [0.3, 0.4) is 0 Å². The number of ether oxygens (including phenoxy) is 2. The van der Waals surface area contributed by atoms with Gasteiger partial charge in [-0.1, -0.05) is 0 Å². The molecule has 0 amide bonds. The minimum absolute atomic E-state index is 0.114. The van der Waals surface area contributed by atoms with Crippen molar-refractivity contribution in [2.75, 3.05) is 7.11 Å². The first-order chi connectivity index (χ1) is 10.0. The molecule has 1 heterocycles. The normalized spacial score (nSPS) is 9.95. The molecule has 108 valence electrons. The van der Waals surface area contributed by atoms with Crippen LogP contribution in [0.5, 0.6) is 17.4 Å². The first kappa shape index (κ1) is 14.3. The summed E-state index contributed by atoms with van der Waals surface area (Å²) in [5.74, 6) is -0.868. The Morgan fingerprint density at radius 1 is 1.33 bits per heavy atom. The lowest BCUT2D eigenvalue weighted by Gasteiger charge is -2.08. The summed E-state index contributed by atoms with van der Waals surface area (Å²) in [5.41, 5.74) is -0.451. The van der Waals surface area contributed by atoms with E-state index < -0.39 is 10.9 Å². The number of pyridine rings is 1. The first-order valence-corrected chi connectivity index (χ1v) is 5.71. The van der Waals surface area contributed by atoms with Crippen LogP contribution in [0.15, 0.2) is 36.5 Å². The van der Waals surface area contributed by atoms with E-state index in [-0.39, 0.29) is 28.6 Å². The van der Waals surface area contributed by atoms with Crippen molar-refractivity contribution < 1.29 is 24.3 Å². The van der Waals surface area contributed by atoms with Crippen LogP contribution in [0, 0.1) is 10.1 Å². The molecule has 0 aliphatic carbocycles. The number of rotatable bonds is 5. The van der Waals surface area contributed by atoms with Crippen LogP contribution < -0.4 is 9.47 Å². The van der Waals surface area contributed by atoms with Crippen LogP contribution in [-0.2, 0) is 0 Å². The van der Waals surface area contributed by atoms with E-state index >= 15 is 0 Å². The second kappa shape index (κ2) is 5.87. The van der Waals surface area contributed by atoms with Gasteiger partial charge in [-0.15, -0.1) is 0 Å². The number of carboxylic acid groups (broad SMARTS) is 1. The second-order valence-electron chi connectivity index (χ2n) is 3.88. The third-order valence-corrected chi connectivity index (χ3v) is 2.55. The molecule has 2 rings (SSSR count). The third-order valence-electron chi connectivity index (χ3n) is 2.55. The van der Waals surface area contributed by atoms with Gasteiger partial charge >= 0.3 is 11.7 Å². The van der Waals surface area contributed by atoms with Gasteiger partial charge in [-0.05, 0) is 12.1 Å². The fourth-order valence-corrected chi connectivity index (χ4v) is 1.57. The molecule has 0 spiro atoms. The quantitative estimate of drug-likeness (QED) is 0.664. The Labute approximate surface area is 118 Å². The summed E-state index contributed by atoms with van der Waals surface area (Å²) in [5, 5.41) is 19.9. The summed E-state index contributed by atoms with van der Waals surface area (Å²) in [6, 6.07) is 6.21. The fraction of sp³-hybridized carbons (Fsp3) is 0.0769. The van der Waals surface area contributed by atoms with Gasteiger partial charge in [0.25, 0.3) is 0 Å². The number of nitro benzene ring substituents is 1. The van der Waals surface area contributed by atoms with Crippen LogP contribution in [0.1, 0.15) is 10.4 Å². The topological polar surface area (TPSA) is 112 Å². The lowest BCUT2D eigenvalue weighted by molar-refractivity contribution is -0.385. The van der Waals surface area contributed by atoms with Crippen LogP contribution in [0.4, 0.5) is 5.69 Å². The van der Waals surface area contributed by atoms with Crippen molar-refractivity contribution >= 4 is 11.7 Å². The van der Waals surface area contributed by atoms with Crippen molar-refractivity contribution in [1.29, 1.82) is 0 Å². The van der Waals surface area contributed by atoms with Gasteiger partial charge in [0.2, 0.25) is 11.6 Å². The van der Waals surface area contributed by atoms with Crippen molar-refractivity contribution in [3.05, 3.63) is 52.2 Å². The maximum atomic E-state index is 11.0. The number of carboxylic acids is 1. The summed E-state index contributed by atoms with van der Waals surface area (Å²) in [6.45, 7) is 0. The largest absolute Gasteiger partial charge is 0.481 e. The molecule has 0 radical (unpaired) electrons. The lowest BCUT2D eigenvalue weighted by Crippen LogP contribution is -2.00. The minimum Gasteiger partial charge on any atom is -0.481 e.